The highest BCUT2D eigenvalue weighted by molar-refractivity contribution is 5.95. The second-order valence-corrected chi connectivity index (χ2v) is 8.93. The summed E-state index contributed by atoms with van der Waals surface area (Å²) in [6, 6.07) is 22.1. The summed E-state index contributed by atoms with van der Waals surface area (Å²) in [6.07, 6.45) is 0.381. The van der Waals surface area contributed by atoms with Gasteiger partial charge in [0, 0.05) is 29.4 Å². The van der Waals surface area contributed by atoms with Gasteiger partial charge in [0.1, 0.15) is 23.9 Å². The number of nitrogen functional groups attached to an aromatic ring is 1. The van der Waals surface area contributed by atoms with Crippen molar-refractivity contribution in [1.82, 2.24) is 14.8 Å². The predicted molar refractivity (Wildman–Crippen MR) is 138 cm³/mol. The minimum atomic E-state index is -1.44. The molecular formula is C28H28N4O3. The molecule has 0 unspecified atom stereocenters. The number of aromatic nitrogens is 3. The average Bonchev–Trinajstić information content (AvgIpc) is 3.21. The number of hydrogen-bond acceptors (Lipinski definition) is 6. The lowest BCUT2D eigenvalue weighted by Gasteiger charge is -2.11. The molecule has 0 aliphatic rings. The maximum absolute atomic E-state index is 9.42. The number of para-hydroxylation sites is 1. The van der Waals surface area contributed by atoms with E-state index in [1.165, 1.54) is 0 Å². The summed E-state index contributed by atoms with van der Waals surface area (Å²) in [5, 5.41) is 26.7. The van der Waals surface area contributed by atoms with Crippen LogP contribution in [0.2, 0.25) is 0 Å². The van der Waals surface area contributed by atoms with E-state index in [0.29, 0.717) is 11.6 Å². The Morgan fingerprint density at radius 2 is 1.69 bits per heavy atom. The normalized spacial score (nSPS) is 11.7. The molecule has 7 heteroatoms. The first-order chi connectivity index (χ1) is 16.9. The summed E-state index contributed by atoms with van der Waals surface area (Å²) in [5.74, 6) is 1.13. The third kappa shape index (κ3) is 4.56. The van der Waals surface area contributed by atoms with Gasteiger partial charge in [-0.15, -0.1) is 0 Å². The fraction of sp³-hybridized carbons (Fsp3) is 0.214. The zero-order valence-corrected chi connectivity index (χ0v) is 19.7. The van der Waals surface area contributed by atoms with Crippen LogP contribution in [0, 0.1) is 0 Å². The quantitative estimate of drug-likeness (QED) is 0.295. The van der Waals surface area contributed by atoms with Crippen molar-refractivity contribution >= 4 is 27.5 Å². The molecule has 7 nitrogen and oxygen atoms in total. The summed E-state index contributed by atoms with van der Waals surface area (Å²) in [7, 11) is 0. The summed E-state index contributed by atoms with van der Waals surface area (Å²) in [5.41, 5.74) is 10.8. The Morgan fingerprint density at radius 3 is 2.46 bits per heavy atom. The van der Waals surface area contributed by atoms with E-state index in [0.717, 1.165) is 44.1 Å². The highest BCUT2D eigenvalue weighted by atomic mass is 16.5. The van der Waals surface area contributed by atoms with Crippen molar-refractivity contribution < 1.29 is 14.9 Å². The van der Waals surface area contributed by atoms with E-state index in [1.807, 2.05) is 35.0 Å². The van der Waals surface area contributed by atoms with Crippen LogP contribution < -0.4 is 10.5 Å². The van der Waals surface area contributed by atoms with E-state index in [1.54, 1.807) is 6.20 Å². The molecule has 0 bridgehead atoms. The van der Waals surface area contributed by atoms with Gasteiger partial charge in [0.05, 0.1) is 5.52 Å². The van der Waals surface area contributed by atoms with E-state index >= 15 is 0 Å². The first-order valence-corrected chi connectivity index (χ1v) is 11.6. The molecule has 0 aliphatic carbocycles. The fourth-order valence-corrected chi connectivity index (χ4v) is 4.41. The van der Waals surface area contributed by atoms with Crippen molar-refractivity contribution in [2.45, 2.75) is 39.2 Å². The number of anilines is 1. The van der Waals surface area contributed by atoms with Crippen molar-refractivity contribution in [1.29, 1.82) is 0 Å². The maximum Gasteiger partial charge on any atom is 0.155 e. The van der Waals surface area contributed by atoms with Gasteiger partial charge in [-0.2, -0.15) is 5.10 Å². The van der Waals surface area contributed by atoms with Crippen LogP contribution in [0.5, 0.6) is 5.75 Å². The van der Waals surface area contributed by atoms with Crippen LogP contribution in [0.1, 0.15) is 31.1 Å². The highest BCUT2D eigenvalue weighted by Gasteiger charge is 2.16. The van der Waals surface area contributed by atoms with Crippen molar-refractivity contribution in [2.24, 2.45) is 0 Å². The number of benzene rings is 3. The third-order valence-electron chi connectivity index (χ3n) is 6.14. The topological polar surface area (TPSA) is 106 Å². The molecule has 5 rings (SSSR count). The zero-order chi connectivity index (χ0) is 24.5. The molecule has 2 aromatic heterocycles. The van der Waals surface area contributed by atoms with Crippen molar-refractivity contribution in [3.63, 3.8) is 0 Å². The van der Waals surface area contributed by atoms with Crippen molar-refractivity contribution in [2.75, 3.05) is 5.73 Å². The van der Waals surface area contributed by atoms with Crippen molar-refractivity contribution in [3.05, 3.63) is 84.2 Å². The molecule has 2 heterocycles. The van der Waals surface area contributed by atoms with Crippen LogP contribution in [0.25, 0.3) is 32.8 Å². The molecule has 178 valence electrons. The van der Waals surface area contributed by atoms with Gasteiger partial charge in [-0.25, -0.2) is 4.98 Å². The lowest BCUT2D eigenvalue weighted by Crippen LogP contribution is -2.10. The molecule has 0 saturated carbocycles. The highest BCUT2D eigenvalue weighted by Crippen LogP contribution is 2.32. The minimum Gasteiger partial charge on any atom is -0.487 e. The van der Waals surface area contributed by atoms with E-state index in [2.05, 4.69) is 55.2 Å². The molecule has 0 aliphatic heterocycles. The van der Waals surface area contributed by atoms with Gasteiger partial charge in [0.2, 0.25) is 0 Å². The standard InChI is InChI=1S/C28H28N4O3/c1-17(2)32-25-10-9-20(19-8-7-18-11-12-30-28(29)22(18)13-19)14-23(25)24(31-32)16-35-26-6-4-3-5-21(26)15-27(33)34/h3-14,17,27,33-34H,15-16H2,1-2H3,(H2,29,30). The van der Waals surface area contributed by atoms with Gasteiger partial charge >= 0.3 is 0 Å². The fourth-order valence-electron chi connectivity index (χ4n) is 4.41. The minimum absolute atomic E-state index is 0.0987. The van der Waals surface area contributed by atoms with E-state index in [4.69, 9.17) is 15.6 Å². The lowest BCUT2D eigenvalue weighted by atomic mass is 10.00. The Hall–Kier alpha value is -3.94. The number of nitrogens with zero attached hydrogens (tertiary/aromatic N) is 3. The van der Waals surface area contributed by atoms with Crippen LogP contribution in [0.4, 0.5) is 5.82 Å². The van der Waals surface area contributed by atoms with E-state index in [-0.39, 0.29) is 19.1 Å². The molecule has 0 spiro atoms. The molecule has 0 fully saturated rings. The molecule has 3 aromatic carbocycles. The van der Waals surface area contributed by atoms with Crippen molar-refractivity contribution in [3.8, 4) is 16.9 Å². The van der Waals surface area contributed by atoms with Crippen LogP contribution in [0.15, 0.2) is 72.9 Å². The number of fused-ring (bicyclic) bond motifs is 2. The number of rotatable bonds is 7. The Morgan fingerprint density at radius 1 is 0.943 bits per heavy atom. The molecule has 35 heavy (non-hydrogen) atoms. The molecule has 4 N–H and O–H groups in total. The molecule has 5 aromatic rings. The van der Waals surface area contributed by atoms with Gasteiger partial charge in [-0.05, 0) is 66.3 Å². The smallest absolute Gasteiger partial charge is 0.155 e. The summed E-state index contributed by atoms with van der Waals surface area (Å²) >= 11 is 0. The largest absolute Gasteiger partial charge is 0.487 e. The number of aliphatic hydroxyl groups is 2. The van der Waals surface area contributed by atoms with Gasteiger partial charge in [-0.1, -0.05) is 36.4 Å². The Bertz CT molecular complexity index is 1510. The van der Waals surface area contributed by atoms with Gasteiger partial charge in [0.25, 0.3) is 0 Å². The van der Waals surface area contributed by atoms with Crippen LogP contribution >= 0.6 is 0 Å². The number of nitrogens with two attached hydrogens (primary N) is 1. The number of ether oxygens (including phenoxy) is 1. The molecule has 0 saturated heterocycles. The van der Waals surface area contributed by atoms with E-state index in [9.17, 15) is 10.2 Å². The van der Waals surface area contributed by atoms with Crippen LogP contribution in [-0.2, 0) is 13.0 Å². The lowest BCUT2D eigenvalue weighted by molar-refractivity contribution is -0.0385. The molecule has 0 amide bonds. The van der Waals surface area contributed by atoms with Gasteiger partial charge in [0.15, 0.2) is 6.29 Å². The summed E-state index contributed by atoms with van der Waals surface area (Å²) < 4.78 is 8.12. The summed E-state index contributed by atoms with van der Waals surface area (Å²) in [6.45, 7) is 4.46. The predicted octanol–water partition coefficient (Wildman–Crippen LogP) is 4.85. The number of aliphatic hydroxyl groups excluding tert-OH is 1. The number of pyridine rings is 1. The Balaban J connectivity index is 1.54. The van der Waals surface area contributed by atoms with Crippen LogP contribution in [0.3, 0.4) is 0 Å². The first-order valence-electron chi connectivity index (χ1n) is 11.6. The molecule has 0 radical (unpaired) electrons. The Kier molecular flexibility index (Phi) is 6.11. The monoisotopic (exact) mass is 468 g/mol. The second-order valence-electron chi connectivity index (χ2n) is 8.93. The van der Waals surface area contributed by atoms with E-state index < -0.39 is 6.29 Å². The Labute approximate surface area is 203 Å². The van der Waals surface area contributed by atoms with Gasteiger partial charge in [-0.3, -0.25) is 4.68 Å². The summed E-state index contributed by atoms with van der Waals surface area (Å²) in [4.78, 5) is 4.22. The average molecular weight is 469 g/mol. The molecular weight excluding hydrogens is 440 g/mol. The SMILES string of the molecule is CC(C)n1nc(COc2ccccc2CC(O)O)c2cc(-c3ccc4ccnc(N)c4c3)ccc21. The number of hydrogen-bond donors (Lipinski definition) is 3. The van der Waals surface area contributed by atoms with Gasteiger partial charge < -0.3 is 20.7 Å². The third-order valence-corrected chi connectivity index (χ3v) is 6.14. The zero-order valence-electron chi connectivity index (χ0n) is 19.7. The first kappa shape index (κ1) is 22.8. The molecule has 0 atom stereocenters. The van der Waals surface area contributed by atoms with Crippen LogP contribution in [-0.4, -0.2) is 31.3 Å². The second kappa shape index (κ2) is 9.37. The maximum atomic E-state index is 9.42.